The maximum absolute atomic E-state index is 9.84. The van der Waals surface area contributed by atoms with Gasteiger partial charge in [0.25, 0.3) is 0 Å². The summed E-state index contributed by atoms with van der Waals surface area (Å²) in [5, 5.41) is 9.84. The molecule has 0 saturated heterocycles. The molecule has 7 rings (SSSR count). The van der Waals surface area contributed by atoms with Crippen LogP contribution in [0.4, 0.5) is 0 Å². The van der Waals surface area contributed by atoms with Crippen molar-refractivity contribution < 1.29 is 9.84 Å². The fourth-order valence-electron chi connectivity index (χ4n) is 8.29. The monoisotopic (exact) mass is 730 g/mol. The average Bonchev–Trinajstić information content (AvgIpc) is 3.26. The number of rotatable bonds is 11. The van der Waals surface area contributed by atoms with Crippen molar-refractivity contribution in [3.05, 3.63) is 155 Å². The molecule has 5 aromatic carbocycles. The normalized spacial score (nSPS) is 18.8. The Morgan fingerprint density at radius 1 is 0.464 bits per heavy atom. The third-order valence-electron chi connectivity index (χ3n) is 11.7. The molecule has 5 aromatic rings. The number of aliphatic hydroxyl groups is 1. The van der Waals surface area contributed by atoms with Crippen molar-refractivity contribution in [1.29, 1.82) is 0 Å². The summed E-state index contributed by atoms with van der Waals surface area (Å²) in [7, 11) is 0. The van der Waals surface area contributed by atoms with Gasteiger partial charge in [-0.1, -0.05) is 115 Å². The maximum Gasteiger partial charge on any atom is 0.125 e. The lowest BCUT2D eigenvalue weighted by Crippen LogP contribution is -2.19. The number of benzene rings is 5. The first kappa shape index (κ1) is 38.4. The molecule has 2 saturated carbocycles. The van der Waals surface area contributed by atoms with Gasteiger partial charge in [-0.2, -0.15) is 0 Å². The lowest BCUT2D eigenvalue weighted by Gasteiger charge is -2.27. The van der Waals surface area contributed by atoms with E-state index < -0.39 is 0 Å². The minimum atomic E-state index is -0.0996. The topological polar surface area (TPSA) is 29.5 Å². The van der Waals surface area contributed by atoms with Crippen molar-refractivity contribution in [2.45, 2.75) is 101 Å². The highest BCUT2D eigenvalue weighted by molar-refractivity contribution is 5.73. The molecule has 0 radical (unpaired) electrons. The molecule has 1 N–H and O–H groups in total. The van der Waals surface area contributed by atoms with E-state index in [4.69, 9.17) is 11.2 Å². The lowest BCUT2D eigenvalue weighted by atomic mass is 9.82. The fraction of sp³-hybridized carbons (Fsp3) is 0.296. The van der Waals surface area contributed by atoms with Gasteiger partial charge in [-0.05, 0) is 168 Å². The molecule has 0 unspecified atom stereocenters. The molecule has 0 atom stereocenters. The third-order valence-corrected chi connectivity index (χ3v) is 11.7. The number of hydrogen-bond acceptors (Lipinski definition) is 2. The van der Waals surface area contributed by atoms with Gasteiger partial charge in [0, 0.05) is 17.8 Å². The summed E-state index contributed by atoms with van der Waals surface area (Å²) >= 11 is 0. The number of terminal acetylenes is 1. The van der Waals surface area contributed by atoms with Crippen LogP contribution in [0, 0.1) is 48.1 Å². The second kappa shape index (κ2) is 19.6. The summed E-state index contributed by atoms with van der Waals surface area (Å²) in [5.41, 5.74) is 13.3. The summed E-state index contributed by atoms with van der Waals surface area (Å²) in [5.74, 6) is 16.3. The van der Waals surface area contributed by atoms with Crippen LogP contribution in [0.15, 0.2) is 121 Å². The van der Waals surface area contributed by atoms with Crippen LogP contribution in [-0.2, 0) is 30.4 Å². The summed E-state index contributed by atoms with van der Waals surface area (Å²) in [4.78, 5) is 0. The molecule has 278 valence electrons. The molecule has 2 nitrogen and oxygen atoms in total. The molecular weight excluding hydrogens is 681 g/mol. The summed E-state index contributed by atoms with van der Waals surface area (Å²) in [6, 6.07) is 45.6. The Balaban J connectivity index is 0.857. The summed E-state index contributed by atoms with van der Waals surface area (Å²) in [6.07, 6.45) is 20.3. The van der Waals surface area contributed by atoms with E-state index in [9.17, 15) is 5.11 Å². The summed E-state index contributed by atoms with van der Waals surface area (Å²) < 4.78 is 5.70. The second-order valence-corrected chi connectivity index (χ2v) is 15.4. The van der Waals surface area contributed by atoms with Gasteiger partial charge in [0.05, 0.1) is 6.10 Å². The van der Waals surface area contributed by atoms with Gasteiger partial charge in [-0.25, -0.2) is 0 Å². The van der Waals surface area contributed by atoms with Gasteiger partial charge < -0.3 is 9.84 Å². The Bertz CT molecular complexity index is 2260. The predicted molar refractivity (Wildman–Crippen MR) is 230 cm³/mol. The highest BCUT2D eigenvalue weighted by atomic mass is 16.5. The molecule has 2 aliphatic carbocycles. The number of aryl methyl sites for hydroxylation is 4. The van der Waals surface area contributed by atoms with Crippen LogP contribution in [0.5, 0.6) is 0 Å². The first-order valence-corrected chi connectivity index (χ1v) is 20.4. The maximum atomic E-state index is 9.84. The van der Waals surface area contributed by atoms with Gasteiger partial charge in [0.1, 0.15) is 12.2 Å². The first-order valence-electron chi connectivity index (χ1n) is 20.4. The van der Waals surface area contributed by atoms with E-state index in [1.807, 2.05) is 0 Å². The molecule has 2 fully saturated rings. The van der Waals surface area contributed by atoms with E-state index in [1.165, 1.54) is 55.6 Å². The predicted octanol–water partition coefficient (Wildman–Crippen LogP) is 11.3. The highest BCUT2D eigenvalue weighted by Gasteiger charge is 2.23. The first-order chi connectivity index (χ1) is 27.6. The Morgan fingerprint density at radius 2 is 0.875 bits per heavy atom. The van der Waals surface area contributed by atoms with E-state index in [0.717, 1.165) is 77.0 Å². The van der Waals surface area contributed by atoms with Gasteiger partial charge in [-0.3, -0.25) is 0 Å². The van der Waals surface area contributed by atoms with Crippen molar-refractivity contribution in [2.75, 3.05) is 0 Å². The molecule has 56 heavy (non-hydrogen) atoms. The number of hydrogen-bond donors (Lipinski definition) is 1. The molecule has 0 aliphatic heterocycles. The second-order valence-electron chi connectivity index (χ2n) is 15.4. The van der Waals surface area contributed by atoms with Gasteiger partial charge in [-0.15, -0.1) is 6.42 Å². The zero-order valence-electron chi connectivity index (χ0n) is 32.3. The molecular formula is C54H50O2. The van der Waals surface area contributed by atoms with Crippen molar-refractivity contribution in [3.63, 3.8) is 0 Å². The van der Waals surface area contributed by atoms with Crippen LogP contribution < -0.4 is 0 Å². The Labute approximate surface area is 334 Å². The van der Waals surface area contributed by atoms with Crippen LogP contribution in [0.2, 0.25) is 0 Å². The van der Waals surface area contributed by atoms with Crippen LogP contribution in [-0.4, -0.2) is 17.3 Å². The fourth-order valence-corrected chi connectivity index (χ4v) is 8.29. The molecule has 0 aromatic heterocycles. The largest absolute Gasteiger partial charge is 0.443 e. The number of aliphatic hydroxyl groups excluding tert-OH is 1. The van der Waals surface area contributed by atoms with Crippen molar-refractivity contribution >= 4 is 0 Å². The van der Waals surface area contributed by atoms with Crippen LogP contribution in [0.3, 0.4) is 0 Å². The Hall–Kier alpha value is -5.90. The van der Waals surface area contributed by atoms with Crippen LogP contribution in [0.1, 0.15) is 96.6 Å². The Kier molecular flexibility index (Phi) is 13.4. The standard InChI is InChI=1S/C54H50O2/c1-2-3-4-5-6-7-39-56-54-37-33-48(34-38-54)46-25-17-42(18-26-46)12-14-44-21-29-50(30-22-44)52-10-8-9-51(40-52)49-27-19-43(20-28-49)13-11-41-15-23-45(24-16-41)47-31-35-53(55)36-32-47/h1,8-10,15-30,40,47-48,53-55H,11-14,31-38H2. The smallest absolute Gasteiger partial charge is 0.125 e. The zero-order valence-corrected chi connectivity index (χ0v) is 32.3. The van der Waals surface area contributed by atoms with Crippen LogP contribution in [0.25, 0.3) is 22.3 Å². The van der Waals surface area contributed by atoms with Crippen LogP contribution >= 0.6 is 0 Å². The van der Waals surface area contributed by atoms with E-state index in [2.05, 4.69) is 163 Å². The van der Waals surface area contributed by atoms with Gasteiger partial charge in [0.2, 0.25) is 0 Å². The van der Waals surface area contributed by atoms with Crippen molar-refractivity contribution in [3.8, 4) is 70.3 Å². The quantitative estimate of drug-likeness (QED) is 0.137. The van der Waals surface area contributed by atoms with Crippen molar-refractivity contribution in [1.82, 2.24) is 0 Å². The van der Waals surface area contributed by atoms with Gasteiger partial charge >= 0.3 is 0 Å². The third kappa shape index (κ3) is 10.9. The molecule has 2 aliphatic rings. The minimum absolute atomic E-state index is 0.0996. The Morgan fingerprint density at radius 3 is 1.34 bits per heavy atom. The molecule has 0 spiro atoms. The minimum Gasteiger partial charge on any atom is -0.443 e. The lowest BCUT2D eigenvalue weighted by molar-refractivity contribution is 0.117. The van der Waals surface area contributed by atoms with E-state index in [-0.39, 0.29) is 12.2 Å². The SMILES string of the molecule is C#CC#CC#CC#COC1CCC(c2ccc(CCc3ccc(-c4cccc(-c5ccc(CCc6ccc(C7CCC(O)CC7)cc6)cc5)c4)cc3)cc2)CC1. The number of ether oxygens (including phenoxy) is 1. The van der Waals surface area contributed by atoms with Gasteiger partial charge in [0.15, 0.2) is 0 Å². The average molecular weight is 731 g/mol. The highest BCUT2D eigenvalue weighted by Crippen LogP contribution is 2.35. The van der Waals surface area contributed by atoms with Crippen molar-refractivity contribution in [2.24, 2.45) is 0 Å². The molecule has 0 bridgehead atoms. The van der Waals surface area contributed by atoms with E-state index in [0.29, 0.717) is 11.8 Å². The van der Waals surface area contributed by atoms with E-state index in [1.54, 1.807) is 0 Å². The zero-order chi connectivity index (χ0) is 38.4. The molecule has 0 heterocycles. The van der Waals surface area contributed by atoms with E-state index >= 15 is 0 Å². The summed E-state index contributed by atoms with van der Waals surface area (Å²) in [6.45, 7) is 0. The molecule has 2 heteroatoms. The molecule has 0 amide bonds.